The highest BCUT2D eigenvalue weighted by Crippen LogP contribution is 2.27. The lowest BCUT2D eigenvalue weighted by atomic mass is 10.3. The third-order valence-corrected chi connectivity index (χ3v) is 4.14. The van der Waals surface area contributed by atoms with Crippen LogP contribution in [0.1, 0.15) is 24.3 Å². The molecule has 0 spiro atoms. The van der Waals surface area contributed by atoms with Crippen molar-refractivity contribution in [3.63, 3.8) is 0 Å². The largest absolute Gasteiger partial charge is 0.354 e. The Morgan fingerprint density at radius 3 is 3.24 bits per heavy atom. The van der Waals surface area contributed by atoms with Crippen molar-refractivity contribution >= 4 is 22.4 Å². The number of aromatic nitrogens is 1. The van der Waals surface area contributed by atoms with Gasteiger partial charge in [-0.05, 0) is 20.4 Å². The maximum atomic E-state index is 11.5. The second-order valence-electron chi connectivity index (χ2n) is 4.18. The molecular formula is C11H18N4OS. The molecule has 94 valence electrons. The molecule has 1 atom stereocenters. The third kappa shape index (κ3) is 2.95. The molecule has 1 fully saturated rings. The van der Waals surface area contributed by atoms with Crippen LogP contribution in [0, 0.1) is 0 Å². The zero-order chi connectivity index (χ0) is 12.3. The summed E-state index contributed by atoms with van der Waals surface area (Å²) >= 11 is 1.66. The van der Waals surface area contributed by atoms with Crippen LogP contribution in [0.25, 0.3) is 0 Å². The van der Waals surface area contributed by atoms with Crippen LogP contribution >= 0.6 is 11.3 Å². The molecule has 2 N–H and O–H groups in total. The predicted molar refractivity (Wildman–Crippen MR) is 69.4 cm³/mol. The van der Waals surface area contributed by atoms with E-state index in [1.165, 1.54) is 4.88 Å². The Hall–Kier alpha value is -1.14. The van der Waals surface area contributed by atoms with Crippen molar-refractivity contribution < 1.29 is 4.79 Å². The van der Waals surface area contributed by atoms with Gasteiger partial charge in [0.1, 0.15) is 0 Å². The molecule has 17 heavy (non-hydrogen) atoms. The number of thiazole rings is 1. The van der Waals surface area contributed by atoms with Gasteiger partial charge in [-0.2, -0.15) is 0 Å². The summed E-state index contributed by atoms with van der Waals surface area (Å²) in [5, 5.41) is 7.00. The number of nitrogens with one attached hydrogen (secondary N) is 2. The highest BCUT2D eigenvalue weighted by atomic mass is 32.1. The lowest BCUT2D eigenvalue weighted by Gasteiger charge is -2.17. The minimum Gasteiger partial charge on any atom is -0.354 e. The highest BCUT2D eigenvalue weighted by Gasteiger charge is 2.18. The van der Waals surface area contributed by atoms with Crippen LogP contribution in [0.5, 0.6) is 0 Å². The van der Waals surface area contributed by atoms with Gasteiger partial charge in [-0.1, -0.05) is 0 Å². The van der Waals surface area contributed by atoms with Gasteiger partial charge < -0.3 is 15.5 Å². The molecular weight excluding hydrogens is 236 g/mol. The van der Waals surface area contributed by atoms with Crippen LogP contribution in [0.3, 0.4) is 0 Å². The Morgan fingerprint density at radius 1 is 1.65 bits per heavy atom. The van der Waals surface area contributed by atoms with E-state index in [0.717, 1.165) is 24.6 Å². The quantitative estimate of drug-likeness (QED) is 0.836. The zero-order valence-corrected chi connectivity index (χ0v) is 11.0. The summed E-state index contributed by atoms with van der Waals surface area (Å²) in [5.41, 5.74) is 0. The number of rotatable bonds is 3. The van der Waals surface area contributed by atoms with Gasteiger partial charge in [-0.15, -0.1) is 11.3 Å². The summed E-state index contributed by atoms with van der Waals surface area (Å²) in [7, 11) is 1.93. The Bertz CT molecular complexity index is 393. The van der Waals surface area contributed by atoms with E-state index in [4.69, 9.17) is 0 Å². The topological polar surface area (TPSA) is 57.3 Å². The van der Waals surface area contributed by atoms with E-state index in [-0.39, 0.29) is 5.91 Å². The summed E-state index contributed by atoms with van der Waals surface area (Å²) in [6.07, 6.45) is 2.87. The lowest BCUT2D eigenvalue weighted by molar-refractivity contribution is -0.119. The van der Waals surface area contributed by atoms with E-state index >= 15 is 0 Å². The Balaban J connectivity index is 2.10. The molecule has 0 bridgehead atoms. The van der Waals surface area contributed by atoms with Crippen LogP contribution in [-0.4, -0.2) is 37.6 Å². The minimum atomic E-state index is 0.0842. The van der Waals surface area contributed by atoms with Gasteiger partial charge in [0.15, 0.2) is 5.13 Å². The number of amides is 1. The second-order valence-corrected chi connectivity index (χ2v) is 5.22. The van der Waals surface area contributed by atoms with Crippen molar-refractivity contribution in [3.8, 4) is 0 Å². The van der Waals surface area contributed by atoms with Gasteiger partial charge in [-0.25, -0.2) is 4.98 Å². The molecule has 2 heterocycles. The highest BCUT2D eigenvalue weighted by molar-refractivity contribution is 7.15. The Morgan fingerprint density at radius 2 is 2.47 bits per heavy atom. The van der Waals surface area contributed by atoms with Gasteiger partial charge in [0, 0.05) is 30.2 Å². The number of nitrogens with zero attached hydrogens (tertiary/aromatic N) is 2. The van der Waals surface area contributed by atoms with Crippen molar-refractivity contribution in [2.45, 2.75) is 19.4 Å². The normalized spacial score (nSPS) is 18.7. The SMILES string of the molecule is CNC(C)c1cnc(N2CCCNC(=O)C2)s1. The fraction of sp³-hybridized carbons (Fsp3) is 0.636. The summed E-state index contributed by atoms with van der Waals surface area (Å²) < 4.78 is 0. The van der Waals surface area contributed by atoms with Crippen LogP contribution in [0.2, 0.25) is 0 Å². The van der Waals surface area contributed by atoms with E-state index in [2.05, 4.69) is 27.4 Å². The van der Waals surface area contributed by atoms with Crippen molar-refractivity contribution in [1.82, 2.24) is 15.6 Å². The van der Waals surface area contributed by atoms with Gasteiger partial charge >= 0.3 is 0 Å². The summed E-state index contributed by atoms with van der Waals surface area (Å²) in [4.78, 5) is 19.1. The standard InChI is InChI=1S/C11H18N4OS/c1-8(12-2)9-6-14-11(17-9)15-5-3-4-13-10(16)7-15/h6,8,12H,3-5,7H2,1-2H3,(H,13,16). The molecule has 1 saturated heterocycles. The van der Waals surface area contributed by atoms with Crippen LogP contribution in [0.15, 0.2) is 6.20 Å². The van der Waals surface area contributed by atoms with Crippen molar-refractivity contribution in [2.75, 3.05) is 31.6 Å². The number of carbonyl (C=O) groups excluding carboxylic acids is 1. The maximum absolute atomic E-state index is 11.5. The van der Waals surface area contributed by atoms with Crippen molar-refractivity contribution in [3.05, 3.63) is 11.1 Å². The molecule has 1 aromatic heterocycles. The minimum absolute atomic E-state index is 0.0842. The molecule has 2 rings (SSSR count). The summed E-state index contributed by atoms with van der Waals surface area (Å²) in [6.45, 7) is 4.17. The molecule has 0 radical (unpaired) electrons. The molecule has 0 saturated carbocycles. The molecule has 5 nitrogen and oxygen atoms in total. The van der Waals surface area contributed by atoms with E-state index in [0.29, 0.717) is 12.6 Å². The van der Waals surface area contributed by atoms with Gasteiger partial charge in [0.2, 0.25) is 5.91 Å². The van der Waals surface area contributed by atoms with E-state index in [9.17, 15) is 4.79 Å². The lowest BCUT2D eigenvalue weighted by Crippen LogP contribution is -2.32. The number of hydrogen-bond acceptors (Lipinski definition) is 5. The molecule has 1 aliphatic heterocycles. The molecule has 1 aliphatic rings. The summed E-state index contributed by atoms with van der Waals surface area (Å²) in [6, 6.07) is 0.307. The molecule has 1 unspecified atom stereocenters. The monoisotopic (exact) mass is 254 g/mol. The van der Waals surface area contributed by atoms with Crippen LogP contribution < -0.4 is 15.5 Å². The van der Waals surface area contributed by atoms with E-state index < -0.39 is 0 Å². The molecule has 1 aromatic rings. The predicted octanol–water partition coefficient (Wildman–Crippen LogP) is 0.750. The number of carbonyl (C=O) groups is 1. The molecule has 1 amide bonds. The van der Waals surface area contributed by atoms with Crippen molar-refractivity contribution in [1.29, 1.82) is 0 Å². The Kier molecular flexibility index (Phi) is 3.96. The van der Waals surface area contributed by atoms with E-state index in [1.807, 2.05) is 13.2 Å². The average molecular weight is 254 g/mol. The van der Waals surface area contributed by atoms with Crippen molar-refractivity contribution in [2.24, 2.45) is 0 Å². The average Bonchev–Trinajstić information content (AvgIpc) is 2.72. The summed E-state index contributed by atoms with van der Waals surface area (Å²) in [5.74, 6) is 0.0842. The number of hydrogen-bond donors (Lipinski definition) is 2. The Labute approximate surface area is 105 Å². The first-order valence-electron chi connectivity index (χ1n) is 5.85. The van der Waals surface area contributed by atoms with Gasteiger partial charge in [0.25, 0.3) is 0 Å². The fourth-order valence-corrected chi connectivity index (χ4v) is 2.74. The van der Waals surface area contributed by atoms with E-state index in [1.54, 1.807) is 11.3 Å². The maximum Gasteiger partial charge on any atom is 0.239 e. The smallest absolute Gasteiger partial charge is 0.239 e. The van der Waals surface area contributed by atoms with Crippen LogP contribution in [0.4, 0.5) is 5.13 Å². The first-order valence-corrected chi connectivity index (χ1v) is 6.67. The molecule has 0 aliphatic carbocycles. The van der Waals surface area contributed by atoms with Crippen LogP contribution in [-0.2, 0) is 4.79 Å². The molecule has 0 aromatic carbocycles. The first kappa shape index (κ1) is 12.3. The third-order valence-electron chi connectivity index (χ3n) is 2.90. The van der Waals surface area contributed by atoms with Gasteiger partial charge in [0.05, 0.1) is 6.54 Å². The molecule has 6 heteroatoms. The van der Waals surface area contributed by atoms with Gasteiger partial charge in [-0.3, -0.25) is 4.79 Å². The zero-order valence-electron chi connectivity index (χ0n) is 10.2. The fourth-order valence-electron chi connectivity index (χ4n) is 1.73. The second kappa shape index (κ2) is 5.46. The number of anilines is 1. The first-order chi connectivity index (χ1) is 8.20.